The third-order valence-electron chi connectivity index (χ3n) is 10.8. The van der Waals surface area contributed by atoms with Gasteiger partial charge in [-0.05, 0) is 105 Å². The molecule has 0 saturated carbocycles. The van der Waals surface area contributed by atoms with E-state index in [4.69, 9.17) is 24.2 Å². The molecular weight excluding hydrogens is 688 g/mol. The number of aliphatic carboxylic acids is 1. The lowest BCUT2D eigenvalue weighted by Crippen LogP contribution is -2.42. The second kappa shape index (κ2) is 14.8. The molecule has 2 atom stereocenters. The first-order valence-corrected chi connectivity index (χ1v) is 17.8. The number of carbonyl (C=O) groups is 4. The van der Waals surface area contributed by atoms with Crippen molar-refractivity contribution in [2.75, 3.05) is 20.8 Å². The van der Waals surface area contributed by atoms with Gasteiger partial charge >= 0.3 is 23.9 Å². The fourth-order valence-corrected chi connectivity index (χ4v) is 7.81. The lowest BCUT2D eigenvalue weighted by molar-refractivity contribution is -0.149. The van der Waals surface area contributed by atoms with Crippen LogP contribution in [0, 0.1) is 19.8 Å². The van der Waals surface area contributed by atoms with Gasteiger partial charge in [-0.3, -0.25) is 19.4 Å². The average molecular weight is 733 g/mol. The van der Waals surface area contributed by atoms with Gasteiger partial charge in [0.15, 0.2) is 0 Å². The van der Waals surface area contributed by atoms with Crippen molar-refractivity contribution in [2.45, 2.75) is 65.7 Å². The number of esters is 3. The summed E-state index contributed by atoms with van der Waals surface area (Å²) in [5.41, 5.74) is 9.96. The smallest absolute Gasteiger partial charge is 0.334 e. The highest BCUT2D eigenvalue weighted by molar-refractivity contribution is 6.02. The Balaban J connectivity index is 1.75. The second-order valence-electron chi connectivity index (χ2n) is 13.7. The predicted molar refractivity (Wildman–Crippen MR) is 206 cm³/mol. The van der Waals surface area contributed by atoms with Crippen LogP contribution in [0.4, 0.5) is 0 Å². The van der Waals surface area contributed by atoms with Gasteiger partial charge in [-0.25, -0.2) is 9.78 Å². The number of allylic oxidation sites excluding steroid dienone is 5. The van der Waals surface area contributed by atoms with Crippen LogP contribution < -0.4 is 0 Å². The molecule has 6 rings (SSSR count). The van der Waals surface area contributed by atoms with Gasteiger partial charge in [0, 0.05) is 40.5 Å². The number of methoxy groups -OCH3 is 2. The predicted octanol–water partition coefficient (Wildman–Crippen LogP) is 7.11. The van der Waals surface area contributed by atoms with Gasteiger partial charge in [-0.2, -0.15) is 0 Å². The summed E-state index contributed by atoms with van der Waals surface area (Å²) in [5, 5.41) is 9.70. The van der Waals surface area contributed by atoms with Crippen LogP contribution in [0.15, 0.2) is 48.6 Å². The van der Waals surface area contributed by atoms with Gasteiger partial charge in [0.25, 0.3) is 0 Å². The molecule has 0 amide bonds. The van der Waals surface area contributed by atoms with Crippen LogP contribution in [0.25, 0.3) is 44.9 Å². The maximum atomic E-state index is 13.7. The quantitative estimate of drug-likeness (QED) is 0.144. The second-order valence-corrected chi connectivity index (χ2v) is 13.7. The van der Waals surface area contributed by atoms with Crippen molar-refractivity contribution in [3.63, 3.8) is 0 Å². The molecule has 0 radical (unpaired) electrons. The molecule has 0 aromatic carbocycles. The summed E-state index contributed by atoms with van der Waals surface area (Å²) in [6, 6.07) is 7.61. The molecule has 12 nitrogen and oxygen atoms in total. The van der Waals surface area contributed by atoms with Crippen LogP contribution in [-0.2, 0) is 45.2 Å². The molecule has 3 N–H and O–H groups in total. The molecule has 2 aliphatic heterocycles. The molecule has 12 heteroatoms. The van der Waals surface area contributed by atoms with Gasteiger partial charge < -0.3 is 29.3 Å². The number of carbonyl (C=O) groups excluding carboxylic acids is 3. The fourth-order valence-electron chi connectivity index (χ4n) is 7.81. The van der Waals surface area contributed by atoms with E-state index in [1.165, 1.54) is 14.2 Å². The minimum Gasteiger partial charge on any atom is -0.481 e. The number of rotatable bonds is 10. The molecule has 0 unspecified atom stereocenters. The summed E-state index contributed by atoms with van der Waals surface area (Å²) >= 11 is 0. The van der Waals surface area contributed by atoms with Crippen LogP contribution in [0.3, 0.4) is 0 Å². The first kappa shape index (κ1) is 37.7. The molecule has 3 aliphatic rings. The third kappa shape index (κ3) is 6.46. The number of ether oxygens (including phenoxy) is 3. The number of fused-ring (bicyclic) bond motifs is 11. The number of hydrogen-bond acceptors (Lipinski definition) is 9. The standard InChI is InChI=1S/C42H44N4O8/c1-9-24-21(3)30-18-35-28-14-11-27(40(50)52-7)39(41(51)53-8)42(28,6)36(46-35)20-31-23(5)25(12-15-37(47)48)33(45-31)19-34-26(13-16-38(49)54-10-2)22(4)29(44-34)17-32(24)43-30/h9,11,14,17-20,39,43,45H,1,10,12-13,15-16H2,2-8H3,(H,47,48)/t39-,42+/m0/s1. The molecular formula is C42H44N4O8. The molecule has 54 heavy (non-hydrogen) atoms. The summed E-state index contributed by atoms with van der Waals surface area (Å²) in [7, 11) is 2.54. The molecule has 280 valence electrons. The highest BCUT2D eigenvalue weighted by Gasteiger charge is 2.53. The molecule has 1 aliphatic carbocycles. The number of nitrogens with zero attached hydrogens (tertiary/aromatic N) is 2. The van der Waals surface area contributed by atoms with E-state index in [2.05, 4.69) is 16.5 Å². The number of hydrogen-bond donors (Lipinski definition) is 3. The topological polar surface area (TPSA) is 174 Å². The van der Waals surface area contributed by atoms with Gasteiger partial charge in [-0.15, -0.1) is 0 Å². The fraction of sp³-hybridized carbons (Fsp3) is 0.333. The van der Waals surface area contributed by atoms with Crippen LogP contribution in [0.5, 0.6) is 0 Å². The zero-order valence-corrected chi connectivity index (χ0v) is 31.6. The molecule has 3 aromatic heterocycles. The van der Waals surface area contributed by atoms with Crippen LogP contribution >= 0.6 is 0 Å². The van der Waals surface area contributed by atoms with Gasteiger partial charge in [0.1, 0.15) is 5.92 Å². The number of carboxylic acids is 1. The Morgan fingerprint density at radius 3 is 2.22 bits per heavy atom. The molecule has 0 fully saturated rings. The van der Waals surface area contributed by atoms with E-state index in [0.717, 1.165) is 44.4 Å². The van der Waals surface area contributed by atoms with Gasteiger partial charge in [-0.1, -0.05) is 24.8 Å². The molecule has 0 spiro atoms. The summed E-state index contributed by atoms with van der Waals surface area (Å²) in [6.45, 7) is 13.9. The van der Waals surface area contributed by atoms with E-state index in [0.29, 0.717) is 45.8 Å². The molecule has 3 aromatic rings. The summed E-state index contributed by atoms with van der Waals surface area (Å²) in [5.74, 6) is -3.64. The van der Waals surface area contributed by atoms with Crippen molar-refractivity contribution >= 4 is 68.7 Å². The minimum atomic E-state index is -1.18. The van der Waals surface area contributed by atoms with Crippen molar-refractivity contribution in [3.8, 4) is 0 Å². The average Bonchev–Trinajstić information content (AvgIpc) is 3.80. The normalized spacial score (nSPS) is 17.6. The summed E-state index contributed by atoms with van der Waals surface area (Å²) in [4.78, 5) is 68.4. The first-order valence-electron chi connectivity index (χ1n) is 17.8. The summed E-state index contributed by atoms with van der Waals surface area (Å²) in [6.07, 6.45) is 5.81. The largest absolute Gasteiger partial charge is 0.481 e. The first-order chi connectivity index (χ1) is 25.8. The Bertz CT molecular complexity index is 2390. The van der Waals surface area contributed by atoms with E-state index in [-0.39, 0.29) is 37.4 Å². The van der Waals surface area contributed by atoms with Crippen molar-refractivity contribution < 1.29 is 38.5 Å². The van der Waals surface area contributed by atoms with Gasteiger partial charge in [0.2, 0.25) is 0 Å². The Morgan fingerprint density at radius 1 is 0.870 bits per heavy atom. The lowest BCUT2D eigenvalue weighted by atomic mass is 9.64. The summed E-state index contributed by atoms with van der Waals surface area (Å²) < 4.78 is 15.6. The van der Waals surface area contributed by atoms with E-state index < -0.39 is 29.2 Å². The van der Waals surface area contributed by atoms with Crippen molar-refractivity contribution in [2.24, 2.45) is 5.92 Å². The minimum absolute atomic E-state index is 0.115. The van der Waals surface area contributed by atoms with Crippen LogP contribution in [0.1, 0.15) is 85.1 Å². The maximum absolute atomic E-state index is 13.7. The number of aromatic nitrogens is 4. The van der Waals surface area contributed by atoms with Crippen LogP contribution in [-0.4, -0.2) is 69.7 Å². The SMILES string of the molecule is C=Cc1c(C)c2cc3nc(cc4[nH]c(cc5nc(cc1[nH]2)C(C)=C5CCC(=O)OCC)c(CCC(=O)O)c4C)[C@@]1(C)C3=CC=C(C(=O)OC)[C@H]1C(=O)OC. The Kier molecular flexibility index (Phi) is 10.3. The maximum Gasteiger partial charge on any atom is 0.334 e. The molecule has 8 bridgehead atoms. The lowest BCUT2D eigenvalue weighted by Gasteiger charge is -2.36. The van der Waals surface area contributed by atoms with Crippen molar-refractivity contribution in [3.05, 3.63) is 93.6 Å². The Hall–Kier alpha value is -6.04. The molecule has 5 heterocycles. The van der Waals surface area contributed by atoms with Crippen molar-refractivity contribution in [1.82, 2.24) is 19.9 Å². The van der Waals surface area contributed by atoms with E-state index in [9.17, 15) is 24.3 Å². The Morgan fingerprint density at radius 2 is 1.56 bits per heavy atom. The van der Waals surface area contributed by atoms with E-state index >= 15 is 0 Å². The highest BCUT2D eigenvalue weighted by Crippen LogP contribution is 2.52. The number of aromatic amines is 2. The third-order valence-corrected chi connectivity index (χ3v) is 10.8. The number of aryl methyl sites for hydroxylation is 3. The monoisotopic (exact) mass is 732 g/mol. The van der Waals surface area contributed by atoms with Gasteiger partial charge in [0.05, 0.1) is 54.6 Å². The van der Waals surface area contributed by atoms with E-state index in [1.54, 1.807) is 25.2 Å². The number of carboxylic acid groups (broad SMARTS) is 1. The van der Waals surface area contributed by atoms with Crippen LogP contribution in [0.2, 0.25) is 0 Å². The molecule has 0 saturated heterocycles. The van der Waals surface area contributed by atoms with Crippen molar-refractivity contribution in [1.29, 1.82) is 0 Å². The Labute approximate surface area is 312 Å². The number of nitrogens with one attached hydrogen (secondary N) is 2. The highest BCUT2D eigenvalue weighted by atomic mass is 16.5. The zero-order chi connectivity index (χ0) is 39.1. The number of H-pyrrole nitrogens is 2. The van der Waals surface area contributed by atoms with E-state index in [1.807, 2.05) is 52.0 Å². The zero-order valence-electron chi connectivity index (χ0n) is 31.6.